The van der Waals surface area contributed by atoms with Crippen molar-refractivity contribution < 1.29 is 0 Å². The molecule has 3 heterocycles. The lowest BCUT2D eigenvalue weighted by atomic mass is 9.97. The summed E-state index contributed by atoms with van der Waals surface area (Å²) < 4.78 is 0. The van der Waals surface area contributed by atoms with Gasteiger partial charge in [-0.3, -0.25) is 4.90 Å². The fraction of sp³-hybridized carbons (Fsp3) is 0.471. The lowest BCUT2D eigenvalue weighted by Gasteiger charge is -2.30. The van der Waals surface area contributed by atoms with Crippen molar-refractivity contribution in [2.45, 2.75) is 39.2 Å². The normalized spacial score (nSPS) is 19.5. The summed E-state index contributed by atoms with van der Waals surface area (Å²) in [5.41, 5.74) is 3.50. The molecule has 1 unspecified atom stereocenters. The second-order valence-corrected chi connectivity index (χ2v) is 7.65. The standard InChI is InChI=1S/C17H21N5S/c1-11-5-3-7-14-16(11)19-17(18-14)13-6-4-8-22(9-13)10-15-21-20-12(2)23-15/h3,5,7,13H,4,6,8-10H2,1-2H3,(H,18,19). The van der Waals surface area contributed by atoms with Crippen molar-refractivity contribution in [1.29, 1.82) is 0 Å². The SMILES string of the molecule is Cc1nnc(CN2CCCC(c3nc4c(C)cccc4[nH]3)C2)s1. The van der Waals surface area contributed by atoms with Crippen LogP contribution in [0.25, 0.3) is 11.0 Å². The minimum Gasteiger partial charge on any atom is -0.342 e. The van der Waals surface area contributed by atoms with Gasteiger partial charge in [0.15, 0.2) is 0 Å². The Labute approximate surface area is 139 Å². The zero-order valence-corrected chi connectivity index (χ0v) is 14.4. The summed E-state index contributed by atoms with van der Waals surface area (Å²) >= 11 is 1.70. The molecule has 1 atom stereocenters. The summed E-state index contributed by atoms with van der Waals surface area (Å²) in [5, 5.41) is 10.5. The molecule has 1 aromatic carbocycles. The van der Waals surface area contributed by atoms with E-state index in [0.717, 1.165) is 46.5 Å². The maximum Gasteiger partial charge on any atom is 0.131 e. The van der Waals surface area contributed by atoms with Crippen molar-refractivity contribution in [2.75, 3.05) is 13.1 Å². The molecule has 0 amide bonds. The Balaban J connectivity index is 1.52. The number of aromatic amines is 1. The largest absolute Gasteiger partial charge is 0.342 e. The van der Waals surface area contributed by atoms with Crippen LogP contribution in [0.5, 0.6) is 0 Å². The highest BCUT2D eigenvalue weighted by molar-refractivity contribution is 7.11. The van der Waals surface area contributed by atoms with Crippen molar-refractivity contribution >= 4 is 22.4 Å². The van der Waals surface area contributed by atoms with Crippen LogP contribution in [0.1, 0.15) is 40.2 Å². The Morgan fingerprint density at radius 3 is 3.00 bits per heavy atom. The summed E-state index contributed by atoms with van der Waals surface area (Å²) in [5.74, 6) is 1.61. The molecule has 23 heavy (non-hydrogen) atoms. The lowest BCUT2D eigenvalue weighted by molar-refractivity contribution is 0.196. The summed E-state index contributed by atoms with van der Waals surface area (Å²) in [6, 6.07) is 6.33. The third-order valence-electron chi connectivity index (χ3n) is 4.55. The maximum atomic E-state index is 4.87. The quantitative estimate of drug-likeness (QED) is 0.801. The molecule has 1 fully saturated rings. The van der Waals surface area contributed by atoms with E-state index in [-0.39, 0.29) is 0 Å². The maximum absolute atomic E-state index is 4.87. The number of fused-ring (bicyclic) bond motifs is 1. The van der Waals surface area contributed by atoms with Crippen LogP contribution in [0.4, 0.5) is 0 Å². The molecule has 0 spiro atoms. The molecule has 1 aliphatic rings. The van der Waals surface area contributed by atoms with Crippen molar-refractivity contribution in [3.8, 4) is 0 Å². The van der Waals surface area contributed by atoms with Crippen LogP contribution >= 0.6 is 11.3 Å². The first-order valence-corrected chi connectivity index (χ1v) is 8.97. The molecule has 0 radical (unpaired) electrons. The van der Waals surface area contributed by atoms with E-state index in [0.29, 0.717) is 5.92 Å². The molecule has 0 aliphatic carbocycles. The van der Waals surface area contributed by atoms with Crippen LogP contribution in [0.2, 0.25) is 0 Å². The number of hydrogen-bond donors (Lipinski definition) is 1. The Morgan fingerprint density at radius 2 is 2.22 bits per heavy atom. The van der Waals surface area contributed by atoms with E-state index in [1.807, 2.05) is 6.92 Å². The van der Waals surface area contributed by atoms with Gasteiger partial charge in [-0.1, -0.05) is 12.1 Å². The number of nitrogens with zero attached hydrogens (tertiary/aromatic N) is 4. The van der Waals surface area contributed by atoms with Gasteiger partial charge >= 0.3 is 0 Å². The van der Waals surface area contributed by atoms with Crippen LogP contribution in [0.3, 0.4) is 0 Å². The van der Waals surface area contributed by atoms with E-state index in [2.05, 4.69) is 45.2 Å². The number of piperidine rings is 1. The molecule has 0 bridgehead atoms. The summed E-state index contributed by atoms with van der Waals surface area (Å²) in [4.78, 5) is 10.9. The van der Waals surface area contributed by atoms with Gasteiger partial charge in [0.05, 0.1) is 17.6 Å². The average Bonchev–Trinajstić information content (AvgIpc) is 3.15. The van der Waals surface area contributed by atoms with Crippen molar-refractivity contribution in [3.05, 3.63) is 39.6 Å². The molecule has 4 rings (SSSR count). The first-order valence-electron chi connectivity index (χ1n) is 8.15. The predicted molar refractivity (Wildman–Crippen MR) is 92.7 cm³/mol. The van der Waals surface area contributed by atoms with Gasteiger partial charge in [-0.25, -0.2) is 4.98 Å². The van der Waals surface area contributed by atoms with Gasteiger partial charge in [-0.05, 0) is 44.9 Å². The number of nitrogens with one attached hydrogen (secondary N) is 1. The molecule has 6 heteroatoms. The van der Waals surface area contributed by atoms with E-state index < -0.39 is 0 Å². The number of imidazole rings is 1. The summed E-state index contributed by atoms with van der Waals surface area (Å²) in [7, 11) is 0. The number of benzene rings is 1. The number of para-hydroxylation sites is 1. The third kappa shape index (κ3) is 3.01. The molecule has 1 N–H and O–H groups in total. The predicted octanol–water partition coefficient (Wildman–Crippen LogP) is 3.41. The minimum absolute atomic E-state index is 0.476. The molecular weight excluding hydrogens is 306 g/mol. The minimum atomic E-state index is 0.476. The van der Waals surface area contributed by atoms with Gasteiger partial charge in [-0.2, -0.15) is 0 Å². The molecule has 1 saturated heterocycles. The monoisotopic (exact) mass is 327 g/mol. The topological polar surface area (TPSA) is 57.7 Å². The van der Waals surface area contributed by atoms with Crippen molar-refractivity contribution in [1.82, 2.24) is 25.1 Å². The number of hydrogen-bond acceptors (Lipinski definition) is 5. The number of aryl methyl sites for hydroxylation is 2. The molecule has 5 nitrogen and oxygen atoms in total. The van der Waals surface area contributed by atoms with E-state index in [9.17, 15) is 0 Å². The van der Waals surface area contributed by atoms with E-state index in [1.165, 1.54) is 18.4 Å². The fourth-order valence-corrected chi connectivity index (χ4v) is 4.15. The highest BCUT2D eigenvalue weighted by Crippen LogP contribution is 2.28. The second-order valence-electron chi connectivity index (χ2n) is 6.38. The summed E-state index contributed by atoms with van der Waals surface area (Å²) in [6.07, 6.45) is 2.41. The number of likely N-dealkylation sites (tertiary alicyclic amines) is 1. The highest BCUT2D eigenvalue weighted by Gasteiger charge is 2.24. The molecule has 1 aliphatic heterocycles. The third-order valence-corrected chi connectivity index (χ3v) is 5.38. The average molecular weight is 327 g/mol. The second kappa shape index (κ2) is 6.02. The molecule has 120 valence electrons. The molecule has 0 saturated carbocycles. The highest BCUT2D eigenvalue weighted by atomic mass is 32.1. The fourth-order valence-electron chi connectivity index (χ4n) is 3.40. The van der Waals surface area contributed by atoms with Crippen molar-refractivity contribution in [2.24, 2.45) is 0 Å². The van der Waals surface area contributed by atoms with Crippen molar-refractivity contribution in [3.63, 3.8) is 0 Å². The van der Waals surface area contributed by atoms with Gasteiger partial charge in [0.2, 0.25) is 0 Å². The van der Waals surface area contributed by atoms with Gasteiger partial charge in [0.25, 0.3) is 0 Å². The van der Waals surface area contributed by atoms with E-state index in [1.54, 1.807) is 11.3 Å². The molecule has 2 aromatic heterocycles. The Kier molecular flexibility index (Phi) is 3.87. The molecule has 3 aromatic rings. The Morgan fingerprint density at radius 1 is 1.30 bits per heavy atom. The van der Waals surface area contributed by atoms with Crippen LogP contribution in [-0.2, 0) is 6.54 Å². The smallest absolute Gasteiger partial charge is 0.131 e. The van der Waals surface area contributed by atoms with Crippen LogP contribution in [0, 0.1) is 13.8 Å². The first-order chi connectivity index (χ1) is 11.2. The zero-order valence-electron chi connectivity index (χ0n) is 13.5. The van der Waals surface area contributed by atoms with E-state index >= 15 is 0 Å². The Bertz CT molecular complexity index is 821. The van der Waals surface area contributed by atoms with E-state index in [4.69, 9.17) is 4.98 Å². The van der Waals surface area contributed by atoms with Gasteiger partial charge in [0.1, 0.15) is 15.8 Å². The van der Waals surface area contributed by atoms with Gasteiger partial charge < -0.3 is 4.98 Å². The Hall–Kier alpha value is -1.79. The number of H-pyrrole nitrogens is 1. The summed E-state index contributed by atoms with van der Waals surface area (Å²) in [6.45, 7) is 7.21. The zero-order chi connectivity index (χ0) is 15.8. The van der Waals surface area contributed by atoms with Gasteiger partial charge in [0, 0.05) is 12.5 Å². The van der Waals surface area contributed by atoms with Crippen LogP contribution in [-0.4, -0.2) is 38.2 Å². The first kappa shape index (κ1) is 14.8. The number of aromatic nitrogens is 4. The molecular formula is C17H21N5S. The van der Waals surface area contributed by atoms with Gasteiger partial charge in [-0.15, -0.1) is 21.5 Å². The van der Waals surface area contributed by atoms with Crippen LogP contribution in [0.15, 0.2) is 18.2 Å². The number of rotatable bonds is 3. The van der Waals surface area contributed by atoms with Crippen LogP contribution < -0.4 is 0 Å². The lowest BCUT2D eigenvalue weighted by Crippen LogP contribution is -2.34.